The number of ether oxygens (including phenoxy) is 2. The van der Waals surface area contributed by atoms with Gasteiger partial charge < -0.3 is 9.47 Å². The molecule has 1 N–H and O–H groups in total. The average molecular weight is 337 g/mol. The standard InChI is InChI=1S/C17H27NO4Si/c1-17(2,3)22-15(19)13-8-7-9-14(12-13)18-16(20)21-10-11-23(4,5)6/h7-9,12H,10-11H2,1-6H3,(H,18,20). The van der Waals surface area contributed by atoms with Gasteiger partial charge in [-0.1, -0.05) is 25.7 Å². The zero-order valence-electron chi connectivity index (χ0n) is 14.9. The SMILES string of the molecule is CC(C)(C)OC(=O)c1cccc(NC(=O)OCC[Si](C)(C)C)c1. The molecule has 0 spiro atoms. The van der Waals surface area contributed by atoms with E-state index >= 15 is 0 Å². The summed E-state index contributed by atoms with van der Waals surface area (Å²) in [5.74, 6) is -0.423. The van der Waals surface area contributed by atoms with Crippen molar-refractivity contribution >= 4 is 25.8 Å². The van der Waals surface area contributed by atoms with Gasteiger partial charge in [-0.3, -0.25) is 5.32 Å². The highest BCUT2D eigenvalue weighted by molar-refractivity contribution is 6.76. The van der Waals surface area contributed by atoms with Gasteiger partial charge in [0.15, 0.2) is 0 Å². The summed E-state index contributed by atoms with van der Waals surface area (Å²) in [5.41, 5.74) is 0.335. The fourth-order valence-electron chi connectivity index (χ4n) is 1.66. The summed E-state index contributed by atoms with van der Waals surface area (Å²) in [7, 11) is -1.23. The number of esters is 1. The first-order valence-corrected chi connectivity index (χ1v) is 11.4. The Morgan fingerprint density at radius 1 is 1.17 bits per heavy atom. The minimum atomic E-state index is -1.23. The molecule has 0 aliphatic heterocycles. The first kappa shape index (κ1) is 19.2. The zero-order chi connectivity index (χ0) is 17.7. The maximum Gasteiger partial charge on any atom is 0.411 e. The number of rotatable bonds is 5. The topological polar surface area (TPSA) is 64.6 Å². The molecule has 0 saturated heterocycles. The van der Waals surface area contributed by atoms with E-state index in [-0.39, 0.29) is 0 Å². The van der Waals surface area contributed by atoms with Gasteiger partial charge in [-0.15, -0.1) is 0 Å². The largest absolute Gasteiger partial charge is 0.456 e. The molecular weight excluding hydrogens is 310 g/mol. The predicted molar refractivity (Wildman–Crippen MR) is 94.7 cm³/mol. The van der Waals surface area contributed by atoms with Gasteiger partial charge in [0.1, 0.15) is 5.60 Å². The maximum atomic E-state index is 12.0. The summed E-state index contributed by atoms with van der Waals surface area (Å²) in [5, 5.41) is 2.63. The molecule has 0 saturated carbocycles. The Hall–Kier alpha value is -1.82. The third kappa shape index (κ3) is 8.40. The summed E-state index contributed by atoms with van der Waals surface area (Å²) in [4.78, 5) is 23.8. The van der Waals surface area contributed by atoms with Crippen molar-refractivity contribution in [3.63, 3.8) is 0 Å². The molecule has 128 valence electrons. The molecule has 0 heterocycles. The molecule has 1 rings (SSSR count). The third-order valence-corrected chi connectivity index (χ3v) is 4.53. The van der Waals surface area contributed by atoms with Crippen LogP contribution in [-0.2, 0) is 9.47 Å². The minimum absolute atomic E-state index is 0.389. The lowest BCUT2D eigenvalue weighted by molar-refractivity contribution is 0.00694. The smallest absolute Gasteiger partial charge is 0.411 e. The van der Waals surface area contributed by atoms with E-state index < -0.39 is 25.7 Å². The monoisotopic (exact) mass is 337 g/mol. The van der Waals surface area contributed by atoms with Gasteiger partial charge in [-0.2, -0.15) is 0 Å². The summed E-state index contributed by atoms with van der Waals surface area (Å²) < 4.78 is 10.5. The van der Waals surface area contributed by atoms with Gasteiger partial charge in [0.25, 0.3) is 0 Å². The Labute approximate surface area is 139 Å². The molecule has 0 radical (unpaired) electrons. The normalized spacial score (nSPS) is 11.7. The van der Waals surface area contributed by atoms with Crippen molar-refractivity contribution in [1.82, 2.24) is 0 Å². The predicted octanol–water partition coefficient (Wildman–Crippen LogP) is 4.53. The molecule has 1 aromatic carbocycles. The molecule has 0 atom stereocenters. The van der Waals surface area contributed by atoms with Crippen LogP contribution in [-0.4, -0.2) is 32.3 Å². The third-order valence-electron chi connectivity index (χ3n) is 2.83. The lowest BCUT2D eigenvalue weighted by atomic mass is 10.1. The van der Waals surface area contributed by atoms with E-state index in [2.05, 4.69) is 25.0 Å². The van der Waals surface area contributed by atoms with Crippen LogP contribution in [0.15, 0.2) is 24.3 Å². The van der Waals surface area contributed by atoms with E-state index in [1.54, 1.807) is 24.3 Å². The molecule has 0 bridgehead atoms. The Morgan fingerprint density at radius 2 is 1.83 bits per heavy atom. The second kappa shape index (κ2) is 7.63. The highest BCUT2D eigenvalue weighted by atomic mass is 28.3. The molecule has 0 fully saturated rings. The van der Waals surface area contributed by atoms with Crippen molar-refractivity contribution in [2.75, 3.05) is 11.9 Å². The quantitative estimate of drug-likeness (QED) is 0.633. The number of anilines is 1. The van der Waals surface area contributed by atoms with E-state index in [9.17, 15) is 9.59 Å². The van der Waals surface area contributed by atoms with Gasteiger partial charge in [-0.25, -0.2) is 9.59 Å². The lowest BCUT2D eigenvalue weighted by Gasteiger charge is -2.19. The minimum Gasteiger partial charge on any atom is -0.456 e. The Bertz CT molecular complexity index is 558. The number of nitrogens with one attached hydrogen (secondary N) is 1. The first-order valence-electron chi connectivity index (χ1n) is 7.73. The van der Waals surface area contributed by atoms with E-state index in [0.29, 0.717) is 17.9 Å². The number of hydrogen-bond acceptors (Lipinski definition) is 4. The molecule has 23 heavy (non-hydrogen) atoms. The van der Waals surface area contributed by atoms with Crippen molar-refractivity contribution < 1.29 is 19.1 Å². The van der Waals surface area contributed by atoms with Crippen molar-refractivity contribution in [2.24, 2.45) is 0 Å². The number of hydrogen-bond donors (Lipinski definition) is 1. The van der Waals surface area contributed by atoms with Crippen molar-refractivity contribution in [1.29, 1.82) is 0 Å². The van der Waals surface area contributed by atoms with Crippen molar-refractivity contribution in [2.45, 2.75) is 52.1 Å². The fraction of sp³-hybridized carbons (Fsp3) is 0.529. The summed E-state index contributed by atoms with van der Waals surface area (Å²) in [6.45, 7) is 12.5. The molecule has 1 aromatic rings. The van der Waals surface area contributed by atoms with Crippen LogP contribution in [0.4, 0.5) is 10.5 Å². The highest BCUT2D eigenvalue weighted by Crippen LogP contribution is 2.16. The lowest BCUT2D eigenvalue weighted by Crippen LogP contribution is -2.24. The highest BCUT2D eigenvalue weighted by Gasteiger charge is 2.18. The molecule has 6 heteroatoms. The van der Waals surface area contributed by atoms with Gasteiger partial charge in [0, 0.05) is 13.8 Å². The van der Waals surface area contributed by atoms with E-state index in [1.807, 2.05) is 20.8 Å². The number of carbonyl (C=O) groups is 2. The van der Waals surface area contributed by atoms with E-state index in [0.717, 1.165) is 6.04 Å². The molecule has 1 amide bonds. The van der Waals surface area contributed by atoms with Gasteiger partial charge >= 0.3 is 12.1 Å². The van der Waals surface area contributed by atoms with Gasteiger partial charge in [-0.05, 0) is 45.0 Å². The Balaban J connectivity index is 2.60. The second-order valence-electron chi connectivity index (χ2n) is 7.65. The molecule has 0 unspecified atom stereocenters. The Morgan fingerprint density at radius 3 is 2.39 bits per heavy atom. The van der Waals surface area contributed by atoms with Crippen LogP contribution < -0.4 is 5.32 Å². The van der Waals surface area contributed by atoms with Crippen LogP contribution in [0.2, 0.25) is 25.7 Å². The molecular formula is C17H27NO4Si. The molecule has 0 aromatic heterocycles. The number of benzene rings is 1. The van der Waals surface area contributed by atoms with Crippen LogP contribution in [0.25, 0.3) is 0 Å². The van der Waals surface area contributed by atoms with Crippen molar-refractivity contribution in [3.05, 3.63) is 29.8 Å². The summed E-state index contributed by atoms with van der Waals surface area (Å²) >= 11 is 0. The van der Waals surface area contributed by atoms with E-state index in [4.69, 9.17) is 9.47 Å². The van der Waals surface area contributed by atoms with Crippen LogP contribution in [0.5, 0.6) is 0 Å². The van der Waals surface area contributed by atoms with Crippen LogP contribution in [0.3, 0.4) is 0 Å². The Kier molecular flexibility index (Phi) is 6.38. The fourth-order valence-corrected chi connectivity index (χ4v) is 2.38. The first-order chi connectivity index (χ1) is 10.5. The maximum absolute atomic E-state index is 12.0. The number of carbonyl (C=O) groups excluding carboxylic acids is 2. The number of amides is 1. The summed E-state index contributed by atoms with van der Waals surface area (Å²) in [6.07, 6.45) is -0.510. The average Bonchev–Trinajstić information content (AvgIpc) is 2.35. The van der Waals surface area contributed by atoms with Crippen molar-refractivity contribution in [3.8, 4) is 0 Å². The zero-order valence-corrected chi connectivity index (χ0v) is 15.9. The second-order valence-corrected chi connectivity index (χ2v) is 13.3. The molecule has 5 nitrogen and oxygen atoms in total. The van der Waals surface area contributed by atoms with Gasteiger partial charge in [0.05, 0.1) is 12.2 Å². The van der Waals surface area contributed by atoms with Crippen LogP contribution in [0, 0.1) is 0 Å². The van der Waals surface area contributed by atoms with Crippen LogP contribution in [0.1, 0.15) is 31.1 Å². The molecule has 0 aliphatic rings. The summed E-state index contributed by atoms with van der Waals surface area (Å²) in [6, 6.07) is 7.53. The van der Waals surface area contributed by atoms with E-state index in [1.165, 1.54) is 0 Å². The van der Waals surface area contributed by atoms with Crippen LogP contribution >= 0.6 is 0 Å². The van der Waals surface area contributed by atoms with Gasteiger partial charge in [0.2, 0.25) is 0 Å². The molecule has 0 aliphatic carbocycles.